The molecule has 2 aromatic rings. The molecule has 1 heterocycles. The number of aliphatic carboxylic acids is 1. The van der Waals surface area contributed by atoms with Gasteiger partial charge in [0.25, 0.3) is 0 Å². The summed E-state index contributed by atoms with van der Waals surface area (Å²) in [7, 11) is 0. The maximum Gasteiger partial charge on any atom is 0.308 e. The molecule has 0 spiro atoms. The lowest BCUT2D eigenvalue weighted by Crippen LogP contribution is -2.23. The molecule has 1 aromatic carbocycles. The number of rotatable bonds is 4. The van der Waals surface area contributed by atoms with Crippen molar-refractivity contribution in [3.63, 3.8) is 0 Å². The molecule has 6 nitrogen and oxygen atoms in total. The van der Waals surface area contributed by atoms with Crippen molar-refractivity contribution in [3.8, 4) is 11.4 Å². The average Bonchev–Trinajstić information content (AvgIpc) is 2.87. The van der Waals surface area contributed by atoms with E-state index >= 15 is 0 Å². The molecule has 0 bridgehead atoms. The standard InChI is InChI=1S/C12H13FN4O2/c1-7(12(18)19)8(2)17-11(14-15-16-17)9-3-5-10(13)6-4-9/h3-8H,1-2H3,(H,18,19). The Morgan fingerprint density at radius 2 is 1.95 bits per heavy atom. The first-order valence-corrected chi connectivity index (χ1v) is 5.77. The summed E-state index contributed by atoms with van der Waals surface area (Å²) >= 11 is 0. The Labute approximate surface area is 108 Å². The SMILES string of the molecule is CC(C(=O)O)C(C)n1nnnc1-c1ccc(F)cc1. The highest BCUT2D eigenvalue weighted by molar-refractivity contribution is 5.70. The van der Waals surface area contributed by atoms with Crippen LogP contribution in [0.5, 0.6) is 0 Å². The van der Waals surface area contributed by atoms with Gasteiger partial charge in [-0.3, -0.25) is 4.79 Å². The molecule has 100 valence electrons. The van der Waals surface area contributed by atoms with Gasteiger partial charge >= 0.3 is 5.97 Å². The molecule has 0 aliphatic rings. The number of carboxylic acids is 1. The zero-order valence-electron chi connectivity index (χ0n) is 10.5. The molecule has 1 N–H and O–H groups in total. The largest absolute Gasteiger partial charge is 0.481 e. The Bertz CT molecular complexity index is 582. The van der Waals surface area contributed by atoms with Gasteiger partial charge in [0.15, 0.2) is 5.82 Å². The molecule has 0 aliphatic heterocycles. The normalized spacial score (nSPS) is 14.1. The Morgan fingerprint density at radius 1 is 1.32 bits per heavy atom. The predicted octanol–water partition coefficient (Wildman–Crippen LogP) is 1.76. The highest BCUT2D eigenvalue weighted by Gasteiger charge is 2.24. The molecule has 1 aromatic heterocycles. The summed E-state index contributed by atoms with van der Waals surface area (Å²) < 4.78 is 14.3. The van der Waals surface area contributed by atoms with Crippen LogP contribution in [0.3, 0.4) is 0 Å². The second kappa shape index (κ2) is 5.13. The van der Waals surface area contributed by atoms with Crippen molar-refractivity contribution in [2.24, 2.45) is 5.92 Å². The van der Waals surface area contributed by atoms with Crippen LogP contribution in [0.1, 0.15) is 19.9 Å². The van der Waals surface area contributed by atoms with Gasteiger partial charge < -0.3 is 5.11 Å². The van der Waals surface area contributed by atoms with E-state index in [1.807, 2.05) is 0 Å². The van der Waals surface area contributed by atoms with Crippen molar-refractivity contribution in [3.05, 3.63) is 30.1 Å². The van der Waals surface area contributed by atoms with Crippen molar-refractivity contribution < 1.29 is 14.3 Å². The fraction of sp³-hybridized carbons (Fsp3) is 0.333. The van der Waals surface area contributed by atoms with Crippen LogP contribution in [-0.4, -0.2) is 31.3 Å². The fourth-order valence-electron chi connectivity index (χ4n) is 1.68. The van der Waals surface area contributed by atoms with Crippen LogP contribution in [0, 0.1) is 11.7 Å². The van der Waals surface area contributed by atoms with Gasteiger partial charge in [-0.2, -0.15) is 0 Å². The zero-order chi connectivity index (χ0) is 14.0. The average molecular weight is 264 g/mol. The minimum Gasteiger partial charge on any atom is -0.481 e. The number of benzene rings is 1. The Kier molecular flexibility index (Phi) is 3.55. The van der Waals surface area contributed by atoms with Gasteiger partial charge in [0.1, 0.15) is 5.82 Å². The number of halogens is 1. The third-order valence-electron chi connectivity index (χ3n) is 3.09. The Morgan fingerprint density at radius 3 is 2.53 bits per heavy atom. The number of hydrogen-bond donors (Lipinski definition) is 1. The monoisotopic (exact) mass is 264 g/mol. The molecule has 2 rings (SSSR count). The zero-order valence-corrected chi connectivity index (χ0v) is 10.5. The summed E-state index contributed by atoms with van der Waals surface area (Å²) in [5.41, 5.74) is 0.635. The molecule has 7 heteroatoms. The summed E-state index contributed by atoms with van der Waals surface area (Å²) in [6.07, 6.45) is 0. The molecular formula is C12H13FN4O2. The maximum atomic E-state index is 12.9. The third kappa shape index (κ3) is 2.59. The molecule has 0 radical (unpaired) electrons. The summed E-state index contributed by atoms with van der Waals surface area (Å²) in [6, 6.07) is 5.30. The van der Waals surface area contributed by atoms with E-state index in [1.165, 1.54) is 16.8 Å². The lowest BCUT2D eigenvalue weighted by molar-refractivity contribution is -0.142. The van der Waals surface area contributed by atoms with E-state index in [4.69, 9.17) is 5.11 Å². The summed E-state index contributed by atoms with van der Waals surface area (Å²) in [5, 5.41) is 20.3. The number of carbonyl (C=O) groups is 1. The first kappa shape index (κ1) is 13.1. The molecular weight excluding hydrogens is 251 g/mol. The van der Waals surface area contributed by atoms with Crippen LogP contribution >= 0.6 is 0 Å². The topological polar surface area (TPSA) is 80.9 Å². The number of nitrogens with zero attached hydrogens (tertiary/aromatic N) is 4. The maximum absolute atomic E-state index is 12.9. The van der Waals surface area contributed by atoms with E-state index in [-0.39, 0.29) is 5.82 Å². The van der Waals surface area contributed by atoms with E-state index in [2.05, 4.69) is 15.5 Å². The highest BCUT2D eigenvalue weighted by Crippen LogP contribution is 2.23. The van der Waals surface area contributed by atoms with Gasteiger partial charge in [0.2, 0.25) is 0 Å². The van der Waals surface area contributed by atoms with Gasteiger partial charge in [-0.05, 0) is 48.5 Å². The fourth-order valence-corrected chi connectivity index (χ4v) is 1.68. The van der Waals surface area contributed by atoms with Crippen molar-refractivity contribution in [1.82, 2.24) is 20.2 Å². The quantitative estimate of drug-likeness (QED) is 0.910. The molecule has 19 heavy (non-hydrogen) atoms. The van der Waals surface area contributed by atoms with Crippen molar-refractivity contribution in [1.29, 1.82) is 0 Å². The minimum atomic E-state index is -0.923. The van der Waals surface area contributed by atoms with Crippen LogP contribution in [0.25, 0.3) is 11.4 Å². The van der Waals surface area contributed by atoms with E-state index in [0.29, 0.717) is 11.4 Å². The number of tetrazole rings is 1. The first-order valence-electron chi connectivity index (χ1n) is 5.77. The van der Waals surface area contributed by atoms with Gasteiger partial charge in [0, 0.05) is 5.56 Å². The lowest BCUT2D eigenvalue weighted by Gasteiger charge is -2.17. The second-order valence-electron chi connectivity index (χ2n) is 4.32. The summed E-state index contributed by atoms with van der Waals surface area (Å²) in [4.78, 5) is 11.0. The van der Waals surface area contributed by atoms with Crippen molar-refractivity contribution >= 4 is 5.97 Å². The molecule has 0 saturated carbocycles. The predicted molar refractivity (Wildman–Crippen MR) is 64.7 cm³/mol. The van der Waals surface area contributed by atoms with Crippen LogP contribution in [0.15, 0.2) is 24.3 Å². The summed E-state index contributed by atoms with van der Waals surface area (Å²) in [6.45, 7) is 3.31. The van der Waals surface area contributed by atoms with Crippen molar-refractivity contribution in [2.75, 3.05) is 0 Å². The summed E-state index contributed by atoms with van der Waals surface area (Å²) in [5.74, 6) is -1.49. The van der Waals surface area contributed by atoms with Crippen LogP contribution in [0.4, 0.5) is 4.39 Å². The van der Waals surface area contributed by atoms with Crippen LogP contribution < -0.4 is 0 Å². The number of carboxylic acid groups (broad SMARTS) is 1. The highest BCUT2D eigenvalue weighted by atomic mass is 19.1. The van der Waals surface area contributed by atoms with E-state index in [9.17, 15) is 9.18 Å². The van der Waals surface area contributed by atoms with Gasteiger partial charge in [-0.1, -0.05) is 0 Å². The molecule has 2 atom stereocenters. The van der Waals surface area contributed by atoms with Crippen LogP contribution in [-0.2, 0) is 4.79 Å². The van der Waals surface area contributed by atoms with Crippen LogP contribution in [0.2, 0.25) is 0 Å². The Balaban J connectivity index is 2.37. The lowest BCUT2D eigenvalue weighted by atomic mass is 10.0. The molecule has 0 saturated heterocycles. The molecule has 0 aliphatic carbocycles. The number of aromatic nitrogens is 4. The van der Waals surface area contributed by atoms with E-state index in [0.717, 1.165) is 0 Å². The van der Waals surface area contributed by atoms with Crippen molar-refractivity contribution in [2.45, 2.75) is 19.9 Å². The Hall–Kier alpha value is -2.31. The molecule has 0 amide bonds. The van der Waals surface area contributed by atoms with Gasteiger partial charge in [0.05, 0.1) is 12.0 Å². The smallest absolute Gasteiger partial charge is 0.308 e. The van der Waals surface area contributed by atoms with Gasteiger partial charge in [-0.25, -0.2) is 9.07 Å². The van der Waals surface area contributed by atoms with E-state index in [1.54, 1.807) is 26.0 Å². The second-order valence-corrected chi connectivity index (χ2v) is 4.32. The molecule has 0 fully saturated rings. The third-order valence-corrected chi connectivity index (χ3v) is 3.09. The first-order chi connectivity index (χ1) is 9.00. The van der Waals surface area contributed by atoms with Gasteiger partial charge in [-0.15, -0.1) is 5.10 Å². The molecule has 2 unspecified atom stereocenters. The minimum absolute atomic E-state index is 0.352. The number of hydrogen-bond acceptors (Lipinski definition) is 4. The van der Waals surface area contributed by atoms with E-state index < -0.39 is 17.9 Å².